The topological polar surface area (TPSA) is 52.3 Å². The highest BCUT2D eigenvalue weighted by molar-refractivity contribution is 7.13. The number of aromatic nitrogens is 1. The minimum Gasteiger partial charge on any atom is -0.464 e. The quantitative estimate of drug-likeness (QED) is 0.220. The van der Waals surface area contributed by atoms with E-state index in [1.807, 2.05) is 79.2 Å². The number of benzene rings is 3. The Hall–Kier alpha value is -5.13. The molecule has 0 saturated carbocycles. The zero-order valence-corrected chi connectivity index (χ0v) is 22.0. The van der Waals surface area contributed by atoms with Crippen molar-refractivity contribution in [2.75, 3.05) is 0 Å². The van der Waals surface area contributed by atoms with Crippen LogP contribution in [0, 0.1) is 0 Å². The number of hydrogen-bond acceptors (Lipinski definition) is 5. The Balaban J connectivity index is 1.60. The molecule has 0 unspecified atom stereocenters. The molecule has 0 atom stereocenters. The lowest BCUT2D eigenvalue weighted by atomic mass is 9.84. The Morgan fingerprint density at radius 1 is 0.600 bits per heavy atom. The first-order chi connectivity index (χ1) is 19.8. The predicted octanol–water partition coefficient (Wildman–Crippen LogP) is 10.6. The van der Waals surface area contributed by atoms with E-state index in [0.717, 1.165) is 77.4 Å². The molecular weight excluding hydrogens is 514 g/mol. The summed E-state index contributed by atoms with van der Waals surface area (Å²) in [4.78, 5) is 5.91. The summed E-state index contributed by atoms with van der Waals surface area (Å²) in [5.41, 5.74) is 8.43. The van der Waals surface area contributed by atoms with Crippen molar-refractivity contribution in [2.45, 2.75) is 0 Å². The molecule has 40 heavy (non-hydrogen) atoms. The first-order valence-corrected chi connectivity index (χ1v) is 13.9. The molecule has 0 saturated heterocycles. The van der Waals surface area contributed by atoms with Crippen LogP contribution in [0.3, 0.4) is 0 Å². The molecule has 0 aliphatic heterocycles. The van der Waals surface area contributed by atoms with E-state index < -0.39 is 0 Å². The first-order valence-electron chi connectivity index (χ1n) is 13.0. The lowest BCUT2D eigenvalue weighted by Gasteiger charge is -2.20. The second-order valence-electron chi connectivity index (χ2n) is 9.56. The van der Waals surface area contributed by atoms with Gasteiger partial charge in [0.05, 0.1) is 18.2 Å². The number of hydrogen-bond donors (Lipinski definition) is 0. The smallest absolute Gasteiger partial charge is 0.136 e. The van der Waals surface area contributed by atoms with Crippen LogP contribution in [0.5, 0.6) is 0 Å². The van der Waals surface area contributed by atoms with Crippen molar-refractivity contribution in [1.29, 1.82) is 0 Å². The van der Waals surface area contributed by atoms with Crippen molar-refractivity contribution in [1.82, 2.24) is 4.98 Å². The second-order valence-corrected chi connectivity index (χ2v) is 10.5. The van der Waals surface area contributed by atoms with Crippen LogP contribution in [0.1, 0.15) is 0 Å². The lowest BCUT2D eigenvalue weighted by Crippen LogP contribution is -1.97. The minimum atomic E-state index is 0.739. The standard InChI is InChI=1S/C35H21NO3S/c1-3-12-28-22(9-1)19-31(39-28)35-33(26-21-38-29-13-4-2-10-23(26)29)25(32-15-8-18-40-32)20-24(27-11-5-6-16-36-27)34(35)30-14-7-17-37-30/h1-21H. The van der Waals surface area contributed by atoms with Gasteiger partial charge in [0.2, 0.25) is 0 Å². The van der Waals surface area contributed by atoms with Crippen molar-refractivity contribution in [3.63, 3.8) is 0 Å². The van der Waals surface area contributed by atoms with Gasteiger partial charge >= 0.3 is 0 Å². The summed E-state index contributed by atoms with van der Waals surface area (Å²) < 4.78 is 18.8. The van der Waals surface area contributed by atoms with Crippen molar-refractivity contribution < 1.29 is 13.3 Å². The summed E-state index contributed by atoms with van der Waals surface area (Å²) in [6.45, 7) is 0. The largest absolute Gasteiger partial charge is 0.464 e. The van der Waals surface area contributed by atoms with Crippen molar-refractivity contribution >= 4 is 33.3 Å². The number of rotatable bonds is 5. The second kappa shape index (κ2) is 9.26. The summed E-state index contributed by atoms with van der Waals surface area (Å²) >= 11 is 1.70. The molecule has 0 amide bonds. The third kappa shape index (κ3) is 3.63. The van der Waals surface area contributed by atoms with Crippen LogP contribution >= 0.6 is 11.3 Å². The molecule has 8 rings (SSSR count). The van der Waals surface area contributed by atoms with Gasteiger partial charge in [0.15, 0.2) is 0 Å². The van der Waals surface area contributed by atoms with Gasteiger partial charge in [0, 0.05) is 55.2 Å². The zero-order chi connectivity index (χ0) is 26.5. The maximum atomic E-state index is 6.62. The lowest BCUT2D eigenvalue weighted by molar-refractivity contribution is 0.582. The number of furan rings is 3. The third-order valence-corrected chi connectivity index (χ3v) is 8.15. The van der Waals surface area contributed by atoms with E-state index in [-0.39, 0.29) is 0 Å². The molecule has 0 fully saturated rings. The fourth-order valence-corrected chi connectivity index (χ4v) is 6.26. The maximum Gasteiger partial charge on any atom is 0.136 e. The van der Waals surface area contributed by atoms with Gasteiger partial charge in [-0.3, -0.25) is 4.98 Å². The molecule has 8 aromatic rings. The summed E-state index contributed by atoms with van der Waals surface area (Å²) in [5, 5.41) is 4.18. The van der Waals surface area contributed by atoms with Gasteiger partial charge in [0.1, 0.15) is 22.7 Å². The molecule has 190 valence electrons. The van der Waals surface area contributed by atoms with E-state index in [9.17, 15) is 0 Å². The first kappa shape index (κ1) is 22.8. The Kier molecular flexibility index (Phi) is 5.28. The predicted molar refractivity (Wildman–Crippen MR) is 161 cm³/mol. The molecular formula is C35H21NO3S. The summed E-state index contributed by atoms with van der Waals surface area (Å²) in [6.07, 6.45) is 5.39. The fraction of sp³-hybridized carbons (Fsp3) is 0. The maximum absolute atomic E-state index is 6.62. The molecule has 0 aliphatic rings. The summed E-state index contributed by atoms with van der Waals surface area (Å²) in [5.74, 6) is 1.49. The van der Waals surface area contributed by atoms with Crippen LogP contribution < -0.4 is 0 Å². The monoisotopic (exact) mass is 535 g/mol. The van der Waals surface area contributed by atoms with Crippen LogP contribution in [0.4, 0.5) is 0 Å². The molecule has 0 aliphatic carbocycles. The number of para-hydroxylation sites is 2. The molecule has 5 heterocycles. The number of pyridine rings is 1. The molecule has 0 radical (unpaired) electrons. The van der Waals surface area contributed by atoms with Crippen LogP contribution in [-0.4, -0.2) is 4.98 Å². The van der Waals surface area contributed by atoms with E-state index in [2.05, 4.69) is 41.8 Å². The summed E-state index contributed by atoms with van der Waals surface area (Å²) in [7, 11) is 0. The average Bonchev–Trinajstić information content (AvgIpc) is 3.83. The zero-order valence-electron chi connectivity index (χ0n) is 21.2. The Morgan fingerprint density at radius 2 is 1.48 bits per heavy atom. The van der Waals surface area contributed by atoms with Crippen LogP contribution in [0.2, 0.25) is 0 Å². The van der Waals surface area contributed by atoms with Gasteiger partial charge in [-0.25, -0.2) is 0 Å². The third-order valence-electron chi connectivity index (χ3n) is 7.24. The molecule has 4 nitrogen and oxygen atoms in total. The van der Waals surface area contributed by atoms with Gasteiger partial charge in [-0.2, -0.15) is 0 Å². The van der Waals surface area contributed by atoms with Crippen LogP contribution in [-0.2, 0) is 0 Å². The molecule has 0 spiro atoms. The normalized spacial score (nSPS) is 11.5. The van der Waals surface area contributed by atoms with Gasteiger partial charge < -0.3 is 13.3 Å². The molecule has 3 aromatic carbocycles. The number of thiophene rings is 1. The molecule has 0 N–H and O–H groups in total. The van der Waals surface area contributed by atoms with Crippen molar-refractivity contribution in [3.8, 4) is 55.5 Å². The van der Waals surface area contributed by atoms with E-state index in [0.29, 0.717) is 0 Å². The Morgan fingerprint density at radius 3 is 2.27 bits per heavy atom. The Bertz CT molecular complexity index is 2070. The highest BCUT2D eigenvalue weighted by atomic mass is 32.1. The molecule has 5 heteroatoms. The van der Waals surface area contributed by atoms with Crippen molar-refractivity contribution in [3.05, 3.63) is 127 Å². The van der Waals surface area contributed by atoms with E-state index in [1.54, 1.807) is 17.6 Å². The van der Waals surface area contributed by atoms with Crippen molar-refractivity contribution in [2.24, 2.45) is 0 Å². The van der Waals surface area contributed by atoms with E-state index >= 15 is 0 Å². The van der Waals surface area contributed by atoms with Gasteiger partial charge in [-0.1, -0.05) is 48.5 Å². The SMILES string of the molecule is c1ccc(-c2cc(-c3cccs3)c(-c3coc4ccccc34)c(-c3cc4ccccc4o3)c2-c2ccco2)nc1. The minimum absolute atomic E-state index is 0.739. The van der Waals surface area contributed by atoms with E-state index in [1.165, 1.54) is 0 Å². The number of nitrogens with zero attached hydrogens (tertiary/aromatic N) is 1. The Labute approximate surface area is 233 Å². The summed E-state index contributed by atoms with van der Waals surface area (Å²) in [6, 6.07) is 34.7. The average molecular weight is 536 g/mol. The molecule has 5 aromatic heterocycles. The van der Waals surface area contributed by atoms with Gasteiger partial charge in [-0.15, -0.1) is 11.3 Å². The van der Waals surface area contributed by atoms with Crippen LogP contribution in [0.15, 0.2) is 140 Å². The van der Waals surface area contributed by atoms with Crippen LogP contribution in [0.25, 0.3) is 77.4 Å². The van der Waals surface area contributed by atoms with Gasteiger partial charge in [0.25, 0.3) is 0 Å². The number of fused-ring (bicyclic) bond motifs is 2. The highest BCUT2D eigenvalue weighted by Crippen LogP contribution is 2.52. The molecule has 0 bridgehead atoms. The van der Waals surface area contributed by atoms with Gasteiger partial charge in [-0.05, 0) is 60.0 Å². The highest BCUT2D eigenvalue weighted by Gasteiger charge is 2.29. The fourth-order valence-electron chi connectivity index (χ4n) is 5.51. The van der Waals surface area contributed by atoms with E-state index in [4.69, 9.17) is 18.2 Å².